The molecule has 11 heteroatoms. The molecule has 1 fully saturated rings. The van der Waals surface area contributed by atoms with Gasteiger partial charge in [0.25, 0.3) is 5.91 Å². The van der Waals surface area contributed by atoms with E-state index in [1.165, 1.54) is 13.8 Å². The van der Waals surface area contributed by atoms with Gasteiger partial charge in [0, 0.05) is 24.1 Å². The summed E-state index contributed by atoms with van der Waals surface area (Å²) in [6.45, 7) is 2.83. The zero-order valence-electron chi connectivity index (χ0n) is 17.2. The van der Waals surface area contributed by atoms with Gasteiger partial charge in [0.05, 0.1) is 17.5 Å². The summed E-state index contributed by atoms with van der Waals surface area (Å²) in [7, 11) is -3.22. The smallest absolute Gasteiger partial charge is 0.355 e. The SMILES string of the molecule is CC(=O)c1ccc(NC(=O)[C@@H](C)OC(=O)C2=NN([C@@H]3CCS(=O)(=O)C3)C(=O)CC2)cc1. The molecule has 0 radical (unpaired) electrons. The third-order valence-corrected chi connectivity index (χ3v) is 6.81. The molecule has 0 aromatic heterocycles. The van der Waals surface area contributed by atoms with Gasteiger partial charge >= 0.3 is 5.97 Å². The number of amides is 2. The maximum Gasteiger partial charge on any atom is 0.355 e. The van der Waals surface area contributed by atoms with Crippen LogP contribution in [-0.4, -0.2) is 66.4 Å². The van der Waals surface area contributed by atoms with Crippen molar-refractivity contribution in [2.75, 3.05) is 16.8 Å². The van der Waals surface area contributed by atoms with Crippen molar-refractivity contribution in [3.63, 3.8) is 0 Å². The number of benzene rings is 1. The van der Waals surface area contributed by atoms with E-state index in [1.807, 2.05) is 0 Å². The molecule has 166 valence electrons. The molecule has 31 heavy (non-hydrogen) atoms. The van der Waals surface area contributed by atoms with Gasteiger partial charge in [-0.25, -0.2) is 18.2 Å². The van der Waals surface area contributed by atoms with E-state index in [0.29, 0.717) is 11.3 Å². The average molecular weight is 449 g/mol. The minimum absolute atomic E-state index is 0.00750. The number of anilines is 1. The summed E-state index contributed by atoms with van der Waals surface area (Å²) < 4.78 is 28.6. The van der Waals surface area contributed by atoms with Crippen LogP contribution in [0.25, 0.3) is 0 Å². The molecular formula is C20H23N3O7S. The summed E-state index contributed by atoms with van der Waals surface area (Å²) >= 11 is 0. The van der Waals surface area contributed by atoms with Gasteiger partial charge in [-0.1, -0.05) is 0 Å². The van der Waals surface area contributed by atoms with E-state index in [9.17, 15) is 27.6 Å². The Morgan fingerprint density at radius 1 is 1.19 bits per heavy atom. The van der Waals surface area contributed by atoms with E-state index < -0.39 is 33.9 Å². The molecule has 1 aromatic carbocycles. The van der Waals surface area contributed by atoms with E-state index in [2.05, 4.69) is 10.4 Å². The molecule has 2 atom stereocenters. The highest BCUT2D eigenvalue weighted by Gasteiger charge is 2.37. The Balaban J connectivity index is 1.61. The Morgan fingerprint density at radius 3 is 2.45 bits per heavy atom. The van der Waals surface area contributed by atoms with Crippen molar-refractivity contribution in [1.82, 2.24) is 5.01 Å². The fourth-order valence-electron chi connectivity index (χ4n) is 3.29. The monoisotopic (exact) mass is 449 g/mol. The van der Waals surface area contributed by atoms with Crippen molar-refractivity contribution >= 4 is 44.8 Å². The maximum atomic E-state index is 12.5. The van der Waals surface area contributed by atoms with Crippen LogP contribution in [0.2, 0.25) is 0 Å². The zero-order chi connectivity index (χ0) is 22.8. The van der Waals surface area contributed by atoms with Crippen molar-refractivity contribution < 1.29 is 32.3 Å². The number of esters is 1. The second kappa shape index (κ2) is 8.96. The number of hydrogen-bond acceptors (Lipinski definition) is 8. The van der Waals surface area contributed by atoms with Crippen molar-refractivity contribution in [1.29, 1.82) is 0 Å². The van der Waals surface area contributed by atoms with Gasteiger partial charge in [-0.15, -0.1) is 0 Å². The molecule has 0 aliphatic carbocycles. The van der Waals surface area contributed by atoms with Gasteiger partial charge in [-0.05, 0) is 44.5 Å². The highest BCUT2D eigenvalue weighted by Crippen LogP contribution is 2.22. The first kappa shape index (κ1) is 22.6. The van der Waals surface area contributed by atoms with Gasteiger partial charge < -0.3 is 10.1 Å². The largest absolute Gasteiger partial charge is 0.448 e. The molecule has 1 aromatic rings. The Morgan fingerprint density at radius 2 is 1.87 bits per heavy atom. The lowest BCUT2D eigenvalue weighted by Crippen LogP contribution is -2.42. The normalized spacial score (nSPS) is 21.2. The molecule has 2 aliphatic heterocycles. The van der Waals surface area contributed by atoms with Crippen LogP contribution in [-0.2, 0) is 29.0 Å². The highest BCUT2D eigenvalue weighted by atomic mass is 32.2. The number of hydrazone groups is 1. The van der Waals surface area contributed by atoms with Crippen LogP contribution >= 0.6 is 0 Å². The average Bonchev–Trinajstić information content (AvgIpc) is 3.08. The Labute approximate surface area is 179 Å². The predicted molar refractivity (Wildman–Crippen MR) is 111 cm³/mol. The lowest BCUT2D eigenvalue weighted by atomic mass is 10.1. The summed E-state index contributed by atoms with van der Waals surface area (Å²) in [5.74, 6) is -2.08. The van der Waals surface area contributed by atoms with Crippen molar-refractivity contribution in [2.45, 2.75) is 45.3 Å². The Bertz CT molecular complexity index is 1050. The third kappa shape index (κ3) is 5.54. The quantitative estimate of drug-likeness (QED) is 0.503. The lowest BCUT2D eigenvalue weighted by Gasteiger charge is -2.27. The molecule has 2 amide bonds. The fourth-order valence-corrected chi connectivity index (χ4v) is 4.98. The second-order valence-electron chi connectivity index (χ2n) is 7.51. The summed E-state index contributed by atoms with van der Waals surface area (Å²) in [6.07, 6.45) is -0.816. The first-order valence-electron chi connectivity index (χ1n) is 9.78. The van der Waals surface area contributed by atoms with E-state index in [-0.39, 0.29) is 48.2 Å². The van der Waals surface area contributed by atoms with Gasteiger partial charge in [0.1, 0.15) is 5.71 Å². The van der Waals surface area contributed by atoms with Crippen LogP contribution in [0.15, 0.2) is 29.4 Å². The third-order valence-electron chi connectivity index (χ3n) is 5.06. The molecule has 2 heterocycles. The number of ether oxygens (including phenoxy) is 1. The molecule has 10 nitrogen and oxygen atoms in total. The molecule has 1 N–H and O–H groups in total. The van der Waals surface area contributed by atoms with Crippen LogP contribution in [0.4, 0.5) is 5.69 Å². The lowest BCUT2D eigenvalue weighted by molar-refractivity contribution is -0.147. The number of ketones is 1. The topological polar surface area (TPSA) is 139 Å². The summed E-state index contributed by atoms with van der Waals surface area (Å²) in [5, 5.41) is 7.68. The van der Waals surface area contributed by atoms with Gasteiger partial charge in [-0.2, -0.15) is 5.10 Å². The molecule has 0 unspecified atom stereocenters. The Hall–Kier alpha value is -3.08. The van der Waals surface area contributed by atoms with Crippen LogP contribution in [0, 0.1) is 0 Å². The summed E-state index contributed by atoms with van der Waals surface area (Å²) in [6, 6.07) is 5.67. The molecule has 0 spiro atoms. The van der Waals surface area contributed by atoms with Crippen molar-refractivity contribution in [2.24, 2.45) is 5.10 Å². The second-order valence-corrected chi connectivity index (χ2v) is 9.74. The number of Topliss-reactive ketones (excluding diaryl/α,β-unsaturated/α-hetero) is 1. The van der Waals surface area contributed by atoms with Crippen LogP contribution in [0.3, 0.4) is 0 Å². The van der Waals surface area contributed by atoms with E-state index in [0.717, 1.165) is 5.01 Å². The number of nitrogens with zero attached hydrogens (tertiary/aromatic N) is 2. The molecule has 0 bridgehead atoms. The molecule has 1 saturated heterocycles. The van der Waals surface area contributed by atoms with Gasteiger partial charge in [-0.3, -0.25) is 14.4 Å². The van der Waals surface area contributed by atoms with Crippen LogP contribution < -0.4 is 5.32 Å². The number of rotatable bonds is 6. The fraction of sp³-hybridized carbons (Fsp3) is 0.450. The van der Waals surface area contributed by atoms with Crippen molar-refractivity contribution in [3.05, 3.63) is 29.8 Å². The number of carbonyl (C=O) groups is 4. The molecule has 0 saturated carbocycles. The number of hydrogen-bond donors (Lipinski definition) is 1. The van der Waals surface area contributed by atoms with E-state index in [4.69, 9.17) is 4.74 Å². The summed E-state index contributed by atoms with van der Waals surface area (Å²) in [4.78, 5) is 48.2. The maximum absolute atomic E-state index is 12.5. The summed E-state index contributed by atoms with van der Waals surface area (Å²) in [5.41, 5.74) is 0.906. The van der Waals surface area contributed by atoms with Crippen LogP contribution in [0.5, 0.6) is 0 Å². The van der Waals surface area contributed by atoms with Gasteiger partial charge in [0.15, 0.2) is 21.7 Å². The van der Waals surface area contributed by atoms with Gasteiger partial charge in [0.2, 0.25) is 5.91 Å². The predicted octanol–water partition coefficient (Wildman–Crippen LogP) is 0.925. The standard InChI is InChI=1S/C20H23N3O7S/c1-12(24)14-3-5-15(6-4-14)21-19(26)13(2)30-20(27)17-7-8-18(25)23(22-17)16-9-10-31(28,29)11-16/h3-6,13,16H,7-11H2,1-2H3,(H,21,26)/t13-,16-/m1/s1. The molecular weight excluding hydrogens is 426 g/mol. The Kier molecular flexibility index (Phi) is 6.54. The molecule has 3 rings (SSSR count). The van der Waals surface area contributed by atoms with E-state index in [1.54, 1.807) is 24.3 Å². The number of sulfone groups is 1. The van der Waals surface area contributed by atoms with E-state index >= 15 is 0 Å². The first-order chi connectivity index (χ1) is 14.6. The van der Waals surface area contributed by atoms with Crippen LogP contribution in [0.1, 0.15) is 43.5 Å². The molecule has 2 aliphatic rings. The van der Waals surface area contributed by atoms with Crippen molar-refractivity contribution in [3.8, 4) is 0 Å². The minimum atomic E-state index is -3.22. The minimum Gasteiger partial charge on any atom is -0.448 e. The zero-order valence-corrected chi connectivity index (χ0v) is 18.0. The first-order valence-corrected chi connectivity index (χ1v) is 11.6. The number of nitrogens with one attached hydrogen (secondary N) is 1. The highest BCUT2D eigenvalue weighted by molar-refractivity contribution is 7.91. The number of carbonyl (C=O) groups excluding carboxylic acids is 4.